The maximum atomic E-state index is 13.1. The molecule has 1 aromatic carbocycles. The Morgan fingerprint density at radius 2 is 1.84 bits per heavy atom. The Morgan fingerprint density at radius 3 is 2.47 bits per heavy atom. The largest absolute Gasteiger partial charge is 0.496 e. The van der Waals surface area contributed by atoms with Crippen molar-refractivity contribution in [3.05, 3.63) is 40.6 Å². The number of amides is 1. The van der Waals surface area contributed by atoms with Gasteiger partial charge in [-0.2, -0.15) is 33.8 Å². The smallest absolute Gasteiger partial charge is 0.222 e. The lowest BCUT2D eigenvalue weighted by Crippen LogP contribution is -2.48. The first-order chi connectivity index (χ1) is 20.8. The van der Waals surface area contributed by atoms with Gasteiger partial charge in [0.2, 0.25) is 11.9 Å². The fourth-order valence-electron chi connectivity index (χ4n) is 5.39. The highest BCUT2D eigenvalue weighted by Gasteiger charge is 2.38. The fourth-order valence-corrected chi connectivity index (χ4v) is 6.47. The molecular weight excluding hydrogens is 577 g/mol. The number of nitrogens with zero attached hydrogens (tertiary/aromatic N) is 3. The summed E-state index contributed by atoms with van der Waals surface area (Å²) in [6, 6.07) is 8.37. The zero-order chi connectivity index (χ0) is 31.7. The number of thioether (sulfide) groups is 2. The van der Waals surface area contributed by atoms with Crippen LogP contribution in [0.5, 0.6) is 5.75 Å². The quantitative estimate of drug-likeness (QED) is 0.133. The van der Waals surface area contributed by atoms with E-state index >= 15 is 0 Å². The van der Waals surface area contributed by atoms with Crippen LogP contribution in [0.1, 0.15) is 101 Å². The highest BCUT2D eigenvalue weighted by molar-refractivity contribution is 7.98. The number of nitrogens with two attached hydrogens (primary N) is 1. The van der Waals surface area contributed by atoms with E-state index in [0.29, 0.717) is 25.1 Å². The van der Waals surface area contributed by atoms with Crippen molar-refractivity contribution < 1.29 is 9.53 Å². The SMILES string of the molecule is CCCC[C@@H](CCSC)Nc1nc(N)nc([C@](CCCC)(CCSC)NC(=O)CC)c1Cc1cc(CC#N)ccc1OC. The molecule has 10 heteroatoms. The van der Waals surface area contributed by atoms with Crippen LogP contribution in [0.15, 0.2) is 18.2 Å². The third-order valence-electron chi connectivity index (χ3n) is 7.78. The van der Waals surface area contributed by atoms with Gasteiger partial charge in [-0.15, -0.1) is 0 Å². The Bertz CT molecular complexity index is 1170. The fraction of sp³-hybridized carbons (Fsp3) is 0.636. The van der Waals surface area contributed by atoms with E-state index in [1.165, 1.54) is 0 Å². The minimum atomic E-state index is -0.704. The number of unbranched alkanes of at least 4 members (excludes halogenated alkanes) is 2. The molecule has 1 aromatic heterocycles. The van der Waals surface area contributed by atoms with Crippen LogP contribution in [0.2, 0.25) is 0 Å². The van der Waals surface area contributed by atoms with Crippen LogP contribution >= 0.6 is 23.5 Å². The van der Waals surface area contributed by atoms with Gasteiger partial charge in [0, 0.05) is 24.4 Å². The van der Waals surface area contributed by atoms with Crippen LogP contribution in [0.4, 0.5) is 11.8 Å². The molecule has 8 nitrogen and oxygen atoms in total. The maximum absolute atomic E-state index is 13.1. The van der Waals surface area contributed by atoms with E-state index in [0.717, 1.165) is 91.0 Å². The van der Waals surface area contributed by atoms with Crippen molar-refractivity contribution >= 4 is 41.2 Å². The molecule has 1 amide bonds. The molecule has 238 valence electrons. The van der Waals surface area contributed by atoms with Crippen LogP contribution in [0.25, 0.3) is 0 Å². The summed E-state index contributed by atoms with van der Waals surface area (Å²) in [5.74, 6) is 3.53. The molecule has 0 bridgehead atoms. The first kappa shape index (κ1) is 36.6. The summed E-state index contributed by atoms with van der Waals surface area (Å²) in [7, 11) is 1.66. The number of nitriles is 1. The van der Waals surface area contributed by atoms with Gasteiger partial charge in [-0.25, -0.2) is 4.98 Å². The summed E-state index contributed by atoms with van der Waals surface area (Å²) in [6.07, 6.45) is 13.0. The first-order valence-electron chi connectivity index (χ1n) is 15.6. The lowest BCUT2D eigenvalue weighted by molar-refractivity contribution is -0.123. The summed E-state index contributed by atoms with van der Waals surface area (Å²) in [5.41, 5.74) is 9.34. The summed E-state index contributed by atoms with van der Waals surface area (Å²) in [6.45, 7) is 6.26. The highest BCUT2D eigenvalue weighted by Crippen LogP contribution is 2.38. The van der Waals surface area contributed by atoms with Gasteiger partial charge >= 0.3 is 0 Å². The predicted octanol–water partition coefficient (Wildman–Crippen LogP) is 7.11. The second-order valence-corrected chi connectivity index (χ2v) is 13.0. The number of carbonyl (C=O) groups excluding carboxylic acids is 1. The van der Waals surface area contributed by atoms with Crippen molar-refractivity contribution in [3.63, 3.8) is 0 Å². The second kappa shape index (κ2) is 19.6. The Labute approximate surface area is 268 Å². The van der Waals surface area contributed by atoms with Crippen LogP contribution < -0.4 is 21.1 Å². The molecule has 2 atom stereocenters. The minimum absolute atomic E-state index is 0.00996. The number of rotatable bonds is 21. The molecule has 0 aliphatic rings. The van der Waals surface area contributed by atoms with Crippen LogP contribution in [-0.2, 0) is 23.2 Å². The van der Waals surface area contributed by atoms with E-state index in [9.17, 15) is 10.1 Å². The molecule has 1 heterocycles. The van der Waals surface area contributed by atoms with Crippen LogP contribution in [0.3, 0.4) is 0 Å². The number of hydrogen-bond donors (Lipinski definition) is 3. The van der Waals surface area contributed by atoms with Gasteiger partial charge in [0.05, 0.1) is 30.8 Å². The zero-order valence-electron chi connectivity index (χ0n) is 27.1. The van der Waals surface area contributed by atoms with Gasteiger partial charge in [-0.3, -0.25) is 4.79 Å². The summed E-state index contributed by atoms with van der Waals surface area (Å²) in [4.78, 5) is 22.9. The molecule has 2 rings (SSSR count). The third-order valence-corrected chi connectivity index (χ3v) is 9.04. The molecule has 0 aliphatic heterocycles. The van der Waals surface area contributed by atoms with Crippen molar-refractivity contribution in [2.75, 3.05) is 42.2 Å². The Kier molecular flexibility index (Phi) is 16.7. The number of aromatic nitrogens is 2. The van der Waals surface area contributed by atoms with E-state index in [4.69, 9.17) is 20.4 Å². The standard InChI is InChI=1S/C33H52N6O2S2/c1-7-10-12-26(16-20-42-5)36-31-27(23-25-22-24(15-19-34)13-14-28(25)41-4)30(37-32(35)38-31)33(17-11-8-2,18-21-43-6)39-29(40)9-3/h13-14,22,26H,7-12,15-18,20-21,23H2,1-6H3,(H,39,40)(H3,35,36,37,38)/t26-,33-/m0/s1. The maximum Gasteiger partial charge on any atom is 0.222 e. The van der Waals surface area contributed by atoms with Gasteiger partial charge in [-0.05, 0) is 66.9 Å². The number of anilines is 2. The number of carbonyl (C=O) groups is 1. The molecule has 43 heavy (non-hydrogen) atoms. The highest BCUT2D eigenvalue weighted by atomic mass is 32.2. The normalized spacial score (nSPS) is 13.1. The minimum Gasteiger partial charge on any atom is -0.496 e. The molecule has 0 radical (unpaired) electrons. The van der Waals surface area contributed by atoms with Crippen molar-refractivity contribution in [1.29, 1.82) is 5.26 Å². The number of methoxy groups -OCH3 is 1. The van der Waals surface area contributed by atoms with E-state index in [2.05, 4.69) is 43.1 Å². The van der Waals surface area contributed by atoms with E-state index in [1.54, 1.807) is 18.9 Å². The number of ether oxygens (including phenoxy) is 1. The monoisotopic (exact) mass is 628 g/mol. The number of nitrogen functional groups attached to an aromatic ring is 1. The number of benzene rings is 1. The van der Waals surface area contributed by atoms with Gasteiger partial charge in [0.15, 0.2) is 0 Å². The van der Waals surface area contributed by atoms with E-state index in [-0.39, 0.29) is 17.9 Å². The van der Waals surface area contributed by atoms with Crippen molar-refractivity contribution in [2.45, 2.75) is 103 Å². The summed E-state index contributed by atoms with van der Waals surface area (Å²) in [5, 5.41) is 16.6. The van der Waals surface area contributed by atoms with Crippen molar-refractivity contribution in [2.24, 2.45) is 0 Å². The molecule has 0 saturated heterocycles. The lowest BCUT2D eigenvalue weighted by Gasteiger charge is -2.37. The summed E-state index contributed by atoms with van der Waals surface area (Å²) >= 11 is 3.60. The Morgan fingerprint density at radius 1 is 1.09 bits per heavy atom. The number of nitrogens with one attached hydrogen (secondary N) is 2. The third kappa shape index (κ3) is 11.1. The van der Waals surface area contributed by atoms with Gasteiger partial charge < -0.3 is 21.1 Å². The molecule has 0 saturated carbocycles. The lowest BCUT2D eigenvalue weighted by atomic mass is 9.82. The van der Waals surface area contributed by atoms with E-state index < -0.39 is 5.54 Å². The van der Waals surface area contributed by atoms with E-state index in [1.807, 2.05) is 36.9 Å². The number of hydrogen-bond acceptors (Lipinski definition) is 9. The molecule has 4 N–H and O–H groups in total. The van der Waals surface area contributed by atoms with Gasteiger partial charge in [-0.1, -0.05) is 58.6 Å². The first-order valence-corrected chi connectivity index (χ1v) is 18.3. The zero-order valence-corrected chi connectivity index (χ0v) is 28.7. The average Bonchev–Trinajstić information content (AvgIpc) is 3.01. The molecule has 0 fully saturated rings. The average molecular weight is 629 g/mol. The Hall–Kier alpha value is -2.64. The molecule has 0 spiro atoms. The second-order valence-electron chi connectivity index (χ2n) is 11.0. The molecule has 0 aliphatic carbocycles. The van der Waals surface area contributed by atoms with Gasteiger partial charge in [0.1, 0.15) is 11.6 Å². The van der Waals surface area contributed by atoms with Crippen molar-refractivity contribution in [3.8, 4) is 11.8 Å². The summed E-state index contributed by atoms with van der Waals surface area (Å²) < 4.78 is 5.79. The topological polar surface area (TPSA) is 126 Å². The van der Waals surface area contributed by atoms with Crippen molar-refractivity contribution in [1.82, 2.24) is 15.3 Å². The molecule has 2 aromatic rings. The Balaban J connectivity index is 2.89. The molecule has 0 unspecified atom stereocenters. The van der Waals surface area contributed by atoms with Gasteiger partial charge in [0.25, 0.3) is 0 Å². The predicted molar refractivity (Wildman–Crippen MR) is 184 cm³/mol. The van der Waals surface area contributed by atoms with Crippen LogP contribution in [0, 0.1) is 11.3 Å². The molecular formula is C33H52N6O2S2. The van der Waals surface area contributed by atoms with Crippen LogP contribution in [-0.4, -0.2) is 53.0 Å².